The van der Waals surface area contributed by atoms with Gasteiger partial charge in [-0.2, -0.15) is 0 Å². The molecule has 0 saturated heterocycles. The van der Waals surface area contributed by atoms with Crippen molar-refractivity contribution in [2.45, 2.75) is 75.7 Å². The van der Waals surface area contributed by atoms with Crippen LogP contribution in [0.5, 0.6) is 0 Å². The van der Waals surface area contributed by atoms with Crippen molar-refractivity contribution in [3.8, 4) is 0 Å². The third-order valence-corrected chi connectivity index (χ3v) is 9.77. The van der Waals surface area contributed by atoms with Crippen molar-refractivity contribution in [2.75, 3.05) is 19.0 Å². The van der Waals surface area contributed by atoms with Crippen LogP contribution >= 0.6 is 0 Å². The topological polar surface area (TPSA) is 130 Å². The summed E-state index contributed by atoms with van der Waals surface area (Å²) in [5.41, 5.74) is 2.77. The summed E-state index contributed by atoms with van der Waals surface area (Å²) in [7, 11) is 1.63. The number of nitrogens with zero attached hydrogens (tertiary/aromatic N) is 3. The average Bonchev–Trinajstić information content (AvgIpc) is 3.90. The first-order valence-corrected chi connectivity index (χ1v) is 16.8. The third kappa shape index (κ3) is 7.25. The summed E-state index contributed by atoms with van der Waals surface area (Å²) in [5.74, 6) is -2.53. The maximum Gasteiger partial charge on any atom is 0.275 e. The van der Waals surface area contributed by atoms with E-state index in [1.165, 1.54) is 4.90 Å². The molecule has 50 heavy (non-hydrogen) atoms. The molecule has 1 atom stereocenters. The van der Waals surface area contributed by atoms with Crippen LogP contribution in [0.3, 0.4) is 0 Å². The van der Waals surface area contributed by atoms with Crippen molar-refractivity contribution in [1.82, 2.24) is 10.2 Å². The minimum absolute atomic E-state index is 0.00334. The van der Waals surface area contributed by atoms with E-state index in [4.69, 9.17) is 9.73 Å². The highest BCUT2D eigenvalue weighted by atomic mass is 19.1. The summed E-state index contributed by atoms with van der Waals surface area (Å²) < 4.78 is 32.2. The van der Waals surface area contributed by atoms with Crippen molar-refractivity contribution in [2.24, 2.45) is 9.98 Å². The van der Waals surface area contributed by atoms with Crippen LogP contribution < -0.4 is 10.6 Å². The quantitative estimate of drug-likeness (QED) is 0.286. The van der Waals surface area contributed by atoms with Crippen molar-refractivity contribution in [1.29, 1.82) is 0 Å². The van der Waals surface area contributed by atoms with Crippen LogP contribution in [0.15, 0.2) is 76.7 Å². The van der Waals surface area contributed by atoms with E-state index in [1.54, 1.807) is 31.4 Å². The first-order valence-electron chi connectivity index (χ1n) is 16.8. The van der Waals surface area contributed by atoms with Crippen molar-refractivity contribution in [3.05, 3.63) is 101 Å². The smallest absolute Gasteiger partial charge is 0.275 e. The molecule has 1 unspecified atom stereocenters. The normalized spacial score (nSPS) is 19.2. The van der Waals surface area contributed by atoms with Gasteiger partial charge in [-0.1, -0.05) is 48.5 Å². The number of hydrogen-bond donors (Lipinski definition) is 2. The highest BCUT2D eigenvalue weighted by Gasteiger charge is 2.49. The van der Waals surface area contributed by atoms with Gasteiger partial charge >= 0.3 is 0 Å². The van der Waals surface area contributed by atoms with E-state index < -0.39 is 23.2 Å². The molecule has 260 valence electrons. The summed E-state index contributed by atoms with van der Waals surface area (Å²) >= 11 is 0. The number of aldehydes is 1. The number of hydrogen-bond acceptors (Lipinski definition) is 7. The first kappa shape index (κ1) is 34.8. The molecule has 7 rings (SSSR count). The summed E-state index contributed by atoms with van der Waals surface area (Å²) in [6.45, 7) is 1.69. The van der Waals surface area contributed by atoms with Crippen LogP contribution in [0.2, 0.25) is 0 Å². The number of aliphatic imine (C=N–C) groups is 2. The Morgan fingerprint density at radius 2 is 1.48 bits per heavy atom. The lowest BCUT2D eigenvalue weighted by Crippen LogP contribution is -2.48. The summed E-state index contributed by atoms with van der Waals surface area (Å²) in [6.07, 6.45) is 7.94. The van der Waals surface area contributed by atoms with Gasteiger partial charge in [0, 0.05) is 35.6 Å². The van der Waals surface area contributed by atoms with Gasteiger partial charge in [-0.15, -0.1) is 0 Å². The number of benzene rings is 3. The lowest BCUT2D eigenvalue weighted by molar-refractivity contribution is -0.132. The zero-order chi connectivity index (χ0) is 35.5. The van der Waals surface area contributed by atoms with Gasteiger partial charge in [-0.3, -0.25) is 29.2 Å². The molecule has 2 aliphatic heterocycles. The predicted octanol–water partition coefficient (Wildman–Crippen LogP) is 5.90. The molecule has 2 saturated carbocycles. The highest BCUT2D eigenvalue weighted by Crippen LogP contribution is 2.41. The molecule has 2 heterocycles. The van der Waals surface area contributed by atoms with Crippen molar-refractivity contribution < 1.29 is 32.7 Å². The van der Waals surface area contributed by atoms with E-state index in [0.29, 0.717) is 35.4 Å². The van der Waals surface area contributed by atoms with E-state index in [0.717, 1.165) is 74.1 Å². The minimum Gasteiger partial charge on any atom is -0.377 e. The number of carbonyl (C=O) groups is 4. The van der Waals surface area contributed by atoms with Crippen LogP contribution in [0.25, 0.3) is 0 Å². The van der Waals surface area contributed by atoms with Gasteiger partial charge < -0.3 is 20.3 Å². The lowest BCUT2D eigenvalue weighted by Gasteiger charge is -2.32. The zero-order valence-corrected chi connectivity index (χ0v) is 28.0. The Morgan fingerprint density at radius 1 is 0.900 bits per heavy atom. The number of halogens is 2. The van der Waals surface area contributed by atoms with Crippen molar-refractivity contribution >= 4 is 41.1 Å². The number of nitrogens with one attached hydrogen (secondary N) is 2. The number of carbonyl (C=O) groups excluding carboxylic acids is 4. The Kier molecular flexibility index (Phi) is 10.0. The molecule has 0 aromatic heterocycles. The Bertz CT molecular complexity index is 1830. The number of anilines is 1. The molecule has 2 fully saturated rings. The maximum atomic E-state index is 13.4. The summed E-state index contributed by atoms with van der Waals surface area (Å²) in [6, 6.07) is 17.2. The van der Waals surface area contributed by atoms with E-state index >= 15 is 0 Å². The van der Waals surface area contributed by atoms with Crippen LogP contribution in [-0.4, -0.2) is 65.3 Å². The fourth-order valence-electron chi connectivity index (χ4n) is 7.06. The predicted molar refractivity (Wildman–Crippen MR) is 184 cm³/mol. The second-order valence-electron chi connectivity index (χ2n) is 13.1. The molecule has 2 spiro atoms. The second-order valence-corrected chi connectivity index (χ2v) is 13.1. The second kappa shape index (κ2) is 14.4. The Labute approximate surface area is 289 Å². The van der Waals surface area contributed by atoms with Crippen LogP contribution in [-0.2, 0) is 19.1 Å². The molecule has 2 aliphatic carbocycles. The standard InChI is InChI=1S/C24H25F2N3O3.C14H14N2O2/c1-15(32-2)16-5-7-17(8-6-16)22-23(31)29(24(28-22)9-3-4-10-24)14-21(30)27-20-12-18(25)11-19(26)13-20;17-9-10-3-5-11(6-4-10)12-13(18)16-14(15-12)7-1-2-8-14/h5-8,11-13,15H,3-4,9-10,14H2,1-2H3,(H,27,30);3-6,9H,1-2,7-8H2,(H,16,18). The number of methoxy groups -OCH3 is 1. The molecule has 4 aliphatic rings. The van der Waals surface area contributed by atoms with Crippen LogP contribution in [0.1, 0.15) is 91.4 Å². The highest BCUT2D eigenvalue weighted by molar-refractivity contribution is 6.47. The van der Waals surface area contributed by atoms with Crippen LogP contribution in [0.4, 0.5) is 14.5 Å². The number of rotatable bonds is 8. The number of ether oxygens (including phenoxy) is 1. The molecule has 3 aromatic carbocycles. The summed E-state index contributed by atoms with van der Waals surface area (Å²) in [4.78, 5) is 59.4. The van der Waals surface area contributed by atoms with Gasteiger partial charge in [0.1, 0.15) is 47.2 Å². The fraction of sp³-hybridized carbons (Fsp3) is 0.368. The van der Waals surface area contributed by atoms with Gasteiger partial charge in [-0.05, 0) is 76.0 Å². The Balaban J connectivity index is 0.000000202. The molecule has 10 nitrogen and oxygen atoms in total. The van der Waals surface area contributed by atoms with Gasteiger partial charge in [-0.25, -0.2) is 8.78 Å². The van der Waals surface area contributed by atoms with E-state index in [-0.39, 0.29) is 35.8 Å². The molecule has 0 bridgehead atoms. The Hall–Kier alpha value is -5.10. The van der Waals surface area contributed by atoms with Gasteiger partial charge in [0.2, 0.25) is 5.91 Å². The minimum atomic E-state index is -0.790. The molecule has 0 radical (unpaired) electrons. The zero-order valence-electron chi connectivity index (χ0n) is 28.0. The largest absolute Gasteiger partial charge is 0.377 e. The monoisotopic (exact) mass is 683 g/mol. The summed E-state index contributed by atoms with van der Waals surface area (Å²) in [5, 5.41) is 5.47. The molecule has 3 aromatic rings. The number of amides is 3. The maximum absolute atomic E-state index is 13.4. The van der Waals surface area contributed by atoms with Crippen LogP contribution in [0, 0.1) is 11.6 Å². The molecular formula is C38H39F2N5O5. The van der Waals surface area contributed by atoms with Gasteiger partial charge in [0.05, 0.1) is 6.10 Å². The molecular weight excluding hydrogens is 644 g/mol. The SMILES string of the molecule is COC(C)c1ccc(C2=NC3(CCCC3)N(CC(=O)Nc3cc(F)cc(F)c3)C2=O)cc1.O=Cc1ccc(C2=NC3(CCCC3)NC2=O)cc1. The Morgan fingerprint density at radius 3 is 2.08 bits per heavy atom. The van der Waals surface area contributed by atoms with E-state index in [9.17, 15) is 28.0 Å². The van der Waals surface area contributed by atoms with E-state index in [1.807, 2.05) is 31.2 Å². The fourth-order valence-corrected chi connectivity index (χ4v) is 7.06. The van der Waals surface area contributed by atoms with Crippen molar-refractivity contribution in [3.63, 3.8) is 0 Å². The third-order valence-electron chi connectivity index (χ3n) is 9.77. The average molecular weight is 684 g/mol. The van der Waals surface area contributed by atoms with Gasteiger partial charge in [0.25, 0.3) is 11.8 Å². The molecule has 3 amide bonds. The molecule has 2 N–H and O–H groups in total. The lowest BCUT2D eigenvalue weighted by atomic mass is 10.0. The molecule has 12 heteroatoms. The van der Waals surface area contributed by atoms with Gasteiger partial charge in [0.15, 0.2) is 0 Å². The van der Waals surface area contributed by atoms with E-state index in [2.05, 4.69) is 15.6 Å². The first-order chi connectivity index (χ1) is 24.0.